The number of nitrogens with two attached hydrogens (primary N) is 1. The average Bonchev–Trinajstić information content (AvgIpc) is 2.30. The predicted octanol–water partition coefficient (Wildman–Crippen LogP) is 1.39. The lowest BCUT2D eigenvalue weighted by atomic mass is 10.1. The average molecular weight is 244 g/mol. The van der Waals surface area contributed by atoms with Gasteiger partial charge >= 0.3 is 5.97 Å². The van der Waals surface area contributed by atoms with Gasteiger partial charge in [-0.15, -0.1) is 0 Å². The fourth-order valence-electron chi connectivity index (χ4n) is 1.19. The highest BCUT2D eigenvalue weighted by molar-refractivity contribution is 6.31. The Labute approximate surface area is 99.3 Å². The van der Waals surface area contributed by atoms with Gasteiger partial charge in [0.05, 0.1) is 20.3 Å². The van der Waals surface area contributed by atoms with Crippen LogP contribution >= 0.6 is 11.6 Å². The molecule has 0 aliphatic rings. The first-order valence-electron chi connectivity index (χ1n) is 4.85. The third-order valence-electron chi connectivity index (χ3n) is 2.06. The Morgan fingerprint density at radius 3 is 2.81 bits per heavy atom. The zero-order chi connectivity index (χ0) is 12.0. The molecule has 1 aromatic rings. The highest BCUT2D eigenvalue weighted by Gasteiger charge is 2.04. The number of esters is 1. The van der Waals surface area contributed by atoms with Crippen molar-refractivity contribution in [2.45, 2.75) is 6.42 Å². The Hall–Kier alpha value is -1.26. The lowest BCUT2D eigenvalue weighted by Crippen LogP contribution is -2.17. The molecule has 0 saturated heterocycles. The van der Waals surface area contributed by atoms with Gasteiger partial charge in [-0.1, -0.05) is 17.7 Å². The minimum Gasteiger partial charge on any atom is -0.497 e. The molecule has 0 unspecified atom stereocenters. The number of hydrogen-bond donors (Lipinski definition) is 1. The molecule has 1 rings (SSSR count). The summed E-state index contributed by atoms with van der Waals surface area (Å²) >= 11 is 6.01. The van der Waals surface area contributed by atoms with Gasteiger partial charge in [0, 0.05) is 11.4 Å². The third kappa shape index (κ3) is 3.72. The van der Waals surface area contributed by atoms with E-state index in [1.807, 2.05) is 12.1 Å². The van der Waals surface area contributed by atoms with E-state index in [2.05, 4.69) is 0 Å². The smallest absolute Gasteiger partial charge is 0.319 e. The molecule has 0 atom stereocenters. The van der Waals surface area contributed by atoms with Gasteiger partial charge in [0.25, 0.3) is 0 Å². The molecule has 5 heteroatoms. The maximum Gasteiger partial charge on any atom is 0.319 e. The molecule has 4 nitrogen and oxygen atoms in total. The molecule has 0 spiro atoms. The SMILES string of the molecule is COc1ccc(CCOC(=O)CN)c(Cl)c1. The van der Waals surface area contributed by atoms with Gasteiger partial charge in [0.2, 0.25) is 0 Å². The Morgan fingerprint density at radius 2 is 2.25 bits per heavy atom. The van der Waals surface area contributed by atoms with Crippen LogP contribution in [0.25, 0.3) is 0 Å². The van der Waals surface area contributed by atoms with Crippen LogP contribution in [0.5, 0.6) is 5.75 Å². The Balaban J connectivity index is 2.51. The lowest BCUT2D eigenvalue weighted by molar-refractivity contribution is -0.141. The lowest BCUT2D eigenvalue weighted by Gasteiger charge is -2.07. The molecular formula is C11H14ClNO3. The number of ether oxygens (including phenoxy) is 2. The van der Waals surface area contributed by atoms with Crippen LogP contribution in [0, 0.1) is 0 Å². The summed E-state index contributed by atoms with van der Waals surface area (Å²) in [5.41, 5.74) is 6.01. The highest BCUT2D eigenvalue weighted by Crippen LogP contribution is 2.22. The molecule has 0 saturated carbocycles. The largest absolute Gasteiger partial charge is 0.497 e. The maximum absolute atomic E-state index is 10.8. The first-order chi connectivity index (χ1) is 7.67. The number of hydrogen-bond acceptors (Lipinski definition) is 4. The van der Waals surface area contributed by atoms with Gasteiger partial charge in [-0.2, -0.15) is 0 Å². The Kier molecular flexibility index (Phi) is 5.08. The third-order valence-corrected chi connectivity index (χ3v) is 2.41. The van der Waals surface area contributed by atoms with Crippen molar-refractivity contribution in [2.24, 2.45) is 5.73 Å². The van der Waals surface area contributed by atoms with Gasteiger partial charge < -0.3 is 15.2 Å². The zero-order valence-corrected chi connectivity index (χ0v) is 9.79. The zero-order valence-electron chi connectivity index (χ0n) is 9.03. The molecule has 0 aliphatic carbocycles. The maximum atomic E-state index is 10.8. The topological polar surface area (TPSA) is 61.5 Å². The van der Waals surface area contributed by atoms with Crippen molar-refractivity contribution in [3.63, 3.8) is 0 Å². The molecule has 0 aromatic heterocycles. The molecule has 0 radical (unpaired) electrons. The standard InChI is InChI=1S/C11H14ClNO3/c1-15-9-3-2-8(10(12)6-9)4-5-16-11(14)7-13/h2-3,6H,4-5,7,13H2,1H3. The first-order valence-corrected chi connectivity index (χ1v) is 5.23. The van der Waals surface area contributed by atoms with Crippen LogP contribution in [0.2, 0.25) is 5.02 Å². The van der Waals surface area contributed by atoms with E-state index in [0.717, 1.165) is 5.56 Å². The van der Waals surface area contributed by atoms with E-state index in [-0.39, 0.29) is 13.2 Å². The van der Waals surface area contributed by atoms with Gasteiger partial charge in [-0.25, -0.2) is 0 Å². The van der Waals surface area contributed by atoms with Crippen molar-refractivity contribution < 1.29 is 14.3 Å². The monoisotopic (exact) mass is 243 g/mol. The van der Waals surface area contributed by atoms with Gasteiger partial charge in [0.1, 0.15) is 5.75 Å². The number of carbonyl (C=O) groups excluding carboxylic acids is 1. The number of halogens is 1. The van der Waals surface area contributed by atoms with E-state index in [9.17, 15) is 4.79 Å². The molecule has 0 aliphatic heterocycles. The summed E-state index contributed by atoms with van der Waals surface area (Å²) < 4.78 is 9.88. The van der Waals surface area contributed by atoms with Crippen molar-refractivity contribution in [2.75, 3.05) is 20.3 Å². The van der Waals surface area contributed by atoms with E-state index >= 15 is 0 Å². The van der Waals surface area contributed by atoms with E-state index in [4.69, 9.17) is 26.8 Å². The van der Waals surface area contributed by atoms with Gasteiger partial charge in [0.15, 0.2) is 0 Å². The van der Waals surface area contributed by atoms with Gasteiger partial charge in [-0.3, -0.25) is 4.79 Å². The van der Waals surface area contributed by atoms with Crippen LogP contribution in [0.1, 0.15) is 5.56 Å². The van der Waals surface area contributed by atoms with Crippen LogP contribution < -0.4 is 10.5 Å². The Bertz CT molecular complexity index is 368. The summed E-state index contributed by atoms with van der Waals surface area (Å²) in [6, 6.07) is 5.38. The summed E-state index contributed by atoms with van der Waals surface area (Å²) in [6.45, 7) is 0.179. The summed E-state index contributed by atoms with van der Waals surface area (Å²) in [4.78, 5) is 10.8. The number of methoxy groups -OCH3 is 1. The van der Waals surface area contributed by atoms with Crippen molar-refractivity contribution in [3.8, 4) is 5.75 Å². The molecule has 88 valence electrons. The number of benzene rings is 1. The minimum absolute atomic E-state index is 0.101. The fourth-order valence-corrected chi connectivity index (χ4v) is 1.46. The molecular weight excluding hydrogens is 230 g/mol. The van der Waals surface area contributed by atoms with Gasteiger partial charge in [-0.05, 0) is 17.7 Å². The van der Waals surface area contributed by atoms with Crippen LogP contribution in [-0.2, 0) is 16.0 Å². The van der Waals surface area contributed by atoms with Crippen LogP contribution in [0.3, 0.4) is 0 Å². The van der Waals surface area contributed by atoms with Crippen molar-refractivity contribution in [3.05, 3.63) is 28.8 Å². The summed E-state index contributed by atoms with van der Waals surface area (Å²) in [6.07, 6.45) is 0.564. The molecule has 0 heterocycles. The van der Waals surface area contributed by atoms with Crippen LogP contribution in [0.15, 0.2) is 18.2 Å². The van der Waals surface area contributed by atoms with Crippen LogP contribution in [-0.4, -0.2) is 26.2 Å². The molecule has 0 bridgehead atoms. The summed E-state index contributed by atoms with van der Waals surface area (Å²) in [7, 11) is 1.58. The van der Waals surface area contributed by atoms with Crippen molar-refractivity contribution in [1.29, 1.82) is 0 Å². The van der Waals surface area contributed by atoms with E-state index < -0.39 is 5.97 Å². The van der Waals surface area contributed by atoms with Crippen molar-refractivity contribution in [1.82, 2.24) is 0 Å². The molecule has 0 fully saturated rings. The fraction of sp³-hybridized carbons (Fsp3) is 0.364. The molecule has 1 aromatic carbocycles. The second-order valence-corrected chi connectivity index (χ2v) is 3.54. The summed E-state index contributed by atoms with van der Waals surface area (Å²) in [5.74, 6) is 0.289. The second-order valence-electron chi connectivity index (χ2n) is 3.13. The first kappa shape index (κ1) is 12.8. The predicted molar refractivity (Wildman–Crippen MR) is 61.7 cm³/mol. The second kappa shape index (κ2) is 6.35. The van der Waals surface area contributed by atoms with E-state index in [1.54, 1.807) is 13.2 Å². The number of carbonyl (C=O) groups is 1. The van der Waals surface area contributed by atoms with E-state index in [1.165, 1.54) is 0 Å². The minimum atomic E-state index is -0.412. The molecule has 16 heavy (non-hydrogen) atoms. The molecule has 2 N–H and O–H groups in total. The number of rotatable bonds is 5. The van der Waals surface area contributed by atoms with Crippen LogP contribution in [0.4, 0.5) is 0 Å². The summed E-state index contributed by atoms with van der Waals surface area (Å²) in [5, 5.41) is 0.600. The quantitative estimate of drug-likeness (QED) is 0.794. The Morgan fingerprint density at radius 1 is 1.50 bits per heavy atom. The van der Waals surface area contributed by atoms with E-state index in [0.29, 0.717) is 17.2 Å². The highest BCUT2D eigenvalue weighted by atomic mass is 35.5. The normalized spacial score (nSPS) is 9.94. The van der Waals surface area contributed by atoms with Crippen molar-refractivity contribution >= 4 is 17.6 Å². The molecule has 0 amide bonds.